The topological polar surface area (TPSA) is 63.8 Å². The average molecular weight is 236 g/mol. The highest BCUT2D eigenvalue weighted by atomic mass is 15.1. The first kappa shape index (κ1) is 13.7. The highest BCUT2D eigenvalue weighted by Crippen LogP contribution is 2.22. The van der Waals surface area contributed by atoms with Gasteiger partial charge in [0.1, 0.15) is 17.5 Å². The molecule has 0 aliphatic heterocycles. The smallest absolute Gasteiger partial charge is 0.135 e. The highest BCUT2D eigenvalue weighted by molar-refractivity contribution is 5.55. The van der Waals surface area contributed by atoms with Crippen molar-refractivity contribution in [2.24, 2.45) is 0 Å². The molecule has 4 heteroatoms. The summed E-state index contributed by atoms with van der Waals surface area (Å²) in [5, 5.41) is 3.44. The molecule has 4 nitrogen and oxygen atoms in total. The molecule has 0 radical (unpaired) electrons. The van der Waals surface area contributed by atoms with Gasteiger partial charge in [-0.05, 0) is 33.6 Å². The molecule has 0 aliphatic carbocycles. The first-order valence-corrected chi connectivity index (χ1v) is 6.30. The van der Waals surface area contributed by atoms with Crippen LogP contribution in [0.5, 0.6) is 0 Å². The van der Waals surface area contributed by atoms with E-state index in [1.54, 1.807) is 0 Å². The Morgan fingerprint density at radius 2 is 1.88 bits per heavy atom. The molecule has 0 unspecified atom stereocenters. The number of hydrogen-bond donors (Lipinski definition) is 2. The Labute approximate surface area is 104 Å². The minimum Gasteiger partial charge on any atom is -0.383 e. The third-order valence-electron chi connectivity index (χ3n) is 3.04. The van der Waals surface area contributed by atoms with Crippen LogP contribution in [0.15, 0.2) is 0 Å². The molecule has 0 atom stereocenters. The van der Waals surface area contributed by atoms with Crippen molar-refractivity contribution in [3.63, 3.8) is 0 Å². The predicted molar refractivity (Wildman–Crippen MR) is 73.2 cm³/mol. The Balaban J connectivity index is 3.05. The lowest BCUT2D eigenvalue weighted by atomic mass is 10.0. The third kappa shape index (κ3) is 3.58. The summed E-state index contributed by atoms with van der Waals surface area (Å²) in [7, 11) is 0. The number of aryl methyl sites for hydroxylation is 1. The van der Waals surface area contributed by atoms with Gasteiger partial charge in [0.05, 0.1) is 0 Å². The molecule has 0 aliphatic rings. The van der Waals surface area contributed by atoms with Gasteiger partial charge in [-0.1, -0.05) is 13.8 Å². The number of aromatic nitrogens is 2. The molecule has 17 heavy (non-hydrogen) atoms. The fourth-order valence-electron chi connectivity index (χ4n) is 1.45. The molecule has 1 rings (SSSR count). The normalized spacial score (nSPS) is 11.6. The molecule has 0 saturated heterocycles. The minimum absolute atomic E-state index is 0.0229. The largest absolute Gasteiger partial charge is 0.383 e. The number of nitrogens with two attached hydrogens (primary N) is 1. The van der Waals surface area contributed by atoms with Crippen LogP contribution in [0.25, 0.3) is 0 Å². The minimum atomic E-state index is 0.0229. The molecular weight excluding hydrogens is 212 g/mol. The maximum atomic E-state index is 5.92. The summed E-state index contributed by atoms with van der Waals surface area (Å²) in [6.45, 7) is 10.5. The molecule has 0 saturated carbocycles. The summed E-state index contributed by atoms with van der Waals surface area (Å²) < 4.78 is 0. The maximum absolute atomic E-state index is 5.92. The monoisotopic (exact) mass is 236 g/mol. The van der Waals surface area contributed by atoms with Crippen molar-refractivity contribution in [1.29, 1.82) is 0 Å². The second-order valence-electron chi connectivity index (χ2n) is 5.11. The van der Waals surface area contributed by atoms with Crippen LogP contribution in [0.1, 0.15) is 51.9 Å². The Kier molecular flexibility index (Phi) is 4.32. The van der Waals surface area contributed by atoms with Gasteiger partial charge in [0.25, 0.3) is 0 Å². The zero-order valence-electron chi connectivity index (χ0n) is 11.6. The van der Waals surface area contributed by atoms with Crippen LogP contribution in [0.4, 0.5) is 11.6 Å². The zero-order chi connectivity index (χ0) is 13.1. The standard InChI is InChI=1S/C13H24N4/c1-6-8-10-15-11(14)9(3)12(16-10)17-13(4,5)7-2/h6-8H2,1-5H3,(H3,14,15,16,17). The summed E-state index contributed by atoms with van der Waals surface area (Å²) in [5.41, 5.74) is 6.88. The molecule has 0 aromatic carbocycles. The molecular formula is C13H24N4. The molecule has 1 aromatic rings. The lowest BCUT2D eigenvalue weighted by molar-refractivity contribution is 0.543. The van der Waals surface area contributed by atoms with Crippen LogP contribution >= 0.6 is 0 Å². The number of nitrogens with one attached hydrogen (secondary N) is 1. The van der Waals surface area contributed by atoms with E-state index >= 15 is 0 Å². The summed E-state index contributed by atoms with van der Waals surface area (Å²) in [5.74, 6) is 2.27. The van der Waals surface area contributed by atoms with Gasteiger partial charge in [-0.2, -0.15) is 0 Å². The second kappa shape index (κ2) is 5.34. The fourth-order valence-corrected chi connectivity index (χ4v) is 1.45. The summed E-state index contributed by atoms with van der Waals surface area (Å²) in [6, 6.07) is 0. The molecule has 1 heterocycles. The Morgan fingerprint density at radius 1 is 1.24 bits per heavy atom. The number of nitrogens with zero attached hydrogens (tertiary/aromatic N) is 2. The van der Waals surface area contributed by atoms with Gasteiger partial charge in [0.2, 0.25) is 0 Å². The van der Waals surface area contributed by atoms with E-state index in [0.29, 0.717) is 5.82 Å². The van der Waals surface area contributed by atoms with E-state index in [0.717, 1.165) is 36.5 Å². The molecule has 0 fully saturated rings. The number of rotatable bonds is 5. The van der Waals surface area contributed by atoms with Crippen LogP contribution in [0.2, 0.25) is 0 Å². The third-order valence-corrected chi connectivity index (χ3v) is 3.04. The van der Waals surface area contributed by atoms with E-state index in [1.165, 1.54) is 0 Å². The molecule has 0 bridgehead atoms. The Hall–Kier alpha value is -1.32. The molecule has 0 amide bonds. The SMILES string of the molecule is CCCc1nc(N)c(C)c(NC(C)(C)CC)n1. The molecule has 3 N–H and O–H groups in total. The van der Waals surface area contributed by atoms with Crippen LogP contribution < -0.4 is 11.1 Å². The van der Waals surface area contributed by atoms with Crippen molar-refractivity contribution >= 4 is 11.6 Å². The van der Waals surface area contributed by atoms with Crippen molar-refractivity contribution in [3.8, 4) is 0 Å². The Morgan fingerprint density at radius 3 is 2.41 bits per heavy atom. The van der Waals surface area contributed by atoms with Crippen LogP contribution in [0.3, 0.4) is 0 Å². The zero-order valence-corrected chi connectivity index (χ0v) is 11.6. The van der Waals surface area contributed by atoms with Crippen molar-refractivity contribution in [2.45, 2.75) is 59.4 Å². The highest BCUT2D eigenvalue weighted by Gasteiger charge is 2.18. The van der Waals surface area contributed by atoms with Gasteiger partial charge < -0.3 is 11.1 Å². The summed E-state index contributed by atoms with van der Waals surface area (Å²) in [6.07, 6.45) is 2.92. The fraction of sp³-hybridized carbons (Fsp3) is 0.692. The van der Waals surface area contributed by atoms with Crippen LogP contribution in [-0.2, 0) is 6.42 Å². The lowest BCUT2D eigenvalue weighted by Crippen LogP contribution is -2.31. The molecule has 96 valence electrons. The van der Waals surface area contributed by atoms with Crippen molar-refractivity contribution in [2.75, 3.05) is 11.1 Å². The van der Waals surface area contributed by atoms with Gasteiger partial charge >= 0.3 is 0 Å². The van der Waals surface area contributed by atoms with E-state index in [9.17, 15) is 0 Å². The van der Waals surface area contributed by atoms with Gasteiger partial charge in [0.15, 0.2) is 0 Å². The Bertz CT molecular complexity index is 385. The first-order chi connectivity index (χ1) is 7.89. The summed E-state index contributed by atoms with van der Waals surface area (Å²) in [4.78, 5) is 8.86. The van der Waals surface area contributed by atoms with Gasteiger partial charge in [-0.25, -0.2) is 9.97 Å². The second-order valence-corrected chi connectivity index (χ2v) is 5.11. The van der Waals surface area contributed by atoms with E-state index in [2.05, 4.69) is 43.0 Å². The van der Waals surface area contributed by atoms with Gasteiger partial charge in [-0.15, -0.1) is 0 Å². The predicted octanol–water partition coefficient (Wildman–Crippen LogP) is 2.92. The van der Waals surface area contributed by atoms with E-state index in [4.69, 9.17) is 5.73 Å². The quantitative estimate of drug-likeness (QED) is 0.825. The average Bonchev–Trinajstić information content (AvgIpc) is 2.25. The lowest BCUT2D eigenvalue weighted by Gasteiger charge is -2.26. The maximum Gasteiger partial charge on any atom is 0.135 e. The van der Waals surface area contributed by atoms with E-state index < -0.39 is 0 Å². The van der Waals surface area contributed by atoms with Crippen LogP contribution in [0, 0.1) is 6.92 Å². The van der Waals surface area contributed by atoms with E-state index in [-0.39, 0.29) is 5.54 Å². The number of hydrogen-bond acceptors (Lipinski definition) is 4. The molecule has 1 aromatic heterocycles. The molecule has 0 spiro atoms. The summed E-state index contributed by atoms with van der Waals surface area (Å²) >= 11 is 0. The van der Waals surface area contributed by atoms with Gasteiger partial charge in [-0.3, -0.25) is 0 Å². The van der Waals surface area contributed by atoms with Gasteiger partial charge in [0, 0.05) is 17.5 Å². The van der Waals surface area contributed by atoms with Crippen molar-refractivity contribution < 1.29 is 0 Å². The van der Waals surface area contributed by atoms with Crippen molar-refractivity contribution in [1.82, 2.24) is 9.97 Å². The number of nitrogen functional groups attached to an aromatic ring is 1. The van der Waals surface area contributed by atoms with Crippen LogP contribution in [-0.4, -0.2) is 15.5 Å². The van der Waals surface area contributed by atoms with E-state index in [1.807, 2.05) is 6.92 Å². The number of anilines is 2. The van der Waals surface area contributed by atoms with Crippen molar-refractivity contribution in [3.05, 3.63) is 11.4 Å². The first-order valence-electron chi connectivity index (χ1n) is 6.30.